The van der Waals surface area contributed by atoms with E-state index in [2.05, 4.69) is 26.0 Å². The maximum atomic E-state index is 12.7. The van der Waals surface area contributed by atoms with Crippen molar-refractivity contribution in [3.63, 3.8) is 0 Å². The van der Waals surface area contributed by atoms with Crippen LogP contribution in [-0.4, -0.2) is 32.5 Å². The van der Waals surface area contributed by atoms with Gasteiger partial charge in [0.15, 0.2) is 5.76 Å². The van der Waals surface area contributed by atoms with Crippen molar-refractivity contribution < 1.29 is 18.8 Å². The van der Waals surface area contributed by atoms with Crippen molar-refractivity contribution in [1.29, 1.82) is 0 Å². The number of furan rings is 1. The van der Waals surface area contributed by atoms with Crippen LogP contribution in [0.15, 0.2) is 65.8 Å². The van der Waals surface area contributed by atoms with Gasteiger partial charge in [-0.25, -0.2) is 9.67 Å². The summed E-state index contributed by atoms with van der Waals surface area (Å²) in [6, 6.07) is 11.2. The first-order chi connectivity index (χ1) is 15.9. The molecule has 1 atom stereocenters. The van der Waals surface area contributed by atoms with Gasteiger partial charge in [-0.15, -0.1) is 11.3 Å². The lowest BCUT2D eigenvalue weighted by atomic mass is 10.2. The van der Waals surface area contributed by atoms with Gasteiger partial charge in [0, 0.05) is 11.4 Å². The molecule has 0 aliphatic rings. The quantitative estimate of drug-likeness (QED) is 0.380. The lowest BCUT2D eigenvalue weighted by Crippen LogP contribution is -2.24. The van der Waals surface area contributed by atoms with Crippen LogP contribution in [0.5, 0.6) is 0 Å². The average molecular weight is 465 g/mol. The summed E-state index contributed by atoms with van der Waals surface area (Å²) in [5, 5.41) is 12.8. The Labute approximate surface area is 192 Å². The second-order valence-electron chi connectivity index (χ2n) is 7.13. The van der Waals surface area contributed by atoms with Crippen molar-refractivity contribution in [3.05, 3.63) is 77.6 Å². The molecule has 0 aliphatic carbocycles. The van der Waals surface area contributed by atoms with Crippen molar-refractivity contribution in [2.24, 2.45) is 0 Å². The van der Waals surface area contributed by atoms with Crippen molar-refractivity contribution in [1.82, 2.24) is 14.8 Å². The average Bonchev–Trinajstić information content (AvgIpc) is 3.57. The normalized spacial score (nSPS) is 11.6. The summed E-state index contributed by atoms with van der Waals surface area (Å²) in [5.41, 5.74) is 1.88. The number of nitrogens with zero attached hydrogens (tertiary/aromatic N) is 3. The fourth-order valence-corrected chi connectivity index (χ4v) is 3.92. The van der Waals surface area contributed by atoms with Crippen molar-refractivity contribution >= 4 is 45.4 Å². The standard InChI is InChI=1S/C22H20N6O4S/c1-13-10-18(27-21(30)17-4-3-9-32-17)33-19(13)22(31)26-16-7-5-15(6-8-16)25-20(29)14(2)28-12-23-11-24-28/h3-12,14H,1-2H3,(H,25,29)(H,26,31)(H,27,30). The van der Waals surface area contributed by atoms with Crippen LogP contribution in [0.25, 0.3) is 0 Å². The van der Waals surface area contributed by atoms with Crippen LogP contribution in [-0.2, 0) is 4.79 Å². The molecule has 11 heteroatoms. The Kier molecular flexibility index (Phi) is 6.31. The first-order valence-corrected chi connectivity index (χ1v) is 10.7. The van der Waals surface area contributed by atoms with Gasteiger partial charge < -0.3 is 20.4 Å². The van der Waals surface area contributed by atoms with Gasteiger partial charge in [-0.3, -0.25) is 14.4 Å². The minimum Gasteiger partial charge on any atom is -0.459 e. The lowest BCUT2D eigenvalue weighted by molar-refractivity contribution is -0.119. The molecule has 3 aromatic heterocycles. The Morgan fingerprint density at radius 3 is 2.39 bits per heavy atom. The molecule has 0 radical (unpaired) electrons. The van der Waals surface area contributed by atoms with Crippen LogP contribution in [0.4, 0.5) is 16.4 Å². The molecule has 3 heterocycles. The third-order valence-electron chi connectivity index (χ3n) is 4.73. The number of nitrogens with one attached hydrogen (secondary N) is 3. The van der Waals surface area contributed by atoms with Crippen molar-refractivity contribution in [2.75, 3.05) is 16.0 Å². The van der Waals surface area contributed by atoms with E-state index in [0.717, 1.165) is 5.56 Å². The summed E-state index contributed by atoms with van der Waals surface area (Å²) in [5.74, 6) is -0.734. The number of rotatable bonds is 7. The largest absolute Gasteiger partial charge is 0.459 e. The molecule has 0 saturated heterocycles. The van der Waals surface area contributed by atoms with E-state index in [4.69, 9.17) is 4.42 Å². The molecule has 33 heavy (non-hydrogen) atoms. The van der Waals surface area contributed by atoms with Crippen LogP contribution in [0.1, 0.15) is 38.8 Å². The molecular formula is C22H20N6O4S. The molecule has 0 spiro atoms. The van der Waals surface area contributed by atoms with Gasteiger partial charge in [-0.1, -0.05) is 0 Å². The Hall–Kier alpha value is -4.25. The summed E-state index contributed by atoms with van der Waals surface area (Å²) in [4.78, 5) is 41.5. The summed E-state index contributed by atoms with van der Waals surface area (Å²) in [7, 11) is 0. The van der Waals surface area contributed by atoms with E-state index in [1.54, 1.807) is 56.3 Å². The number of benzene rings is 1. The maximum absolute atomic E-state index is 12.7. The van der Waals surface area contributed by atoms with Gasteiger partial charge in [-0.05, 0) is 61.9 Å². The zero-order valence-corrected chi connectivity index (χ0v) is 18.6. The number of carbonyl (C=O) groups is 3. The highest BCUT2D eigenvalue weighted by Gasteiger charge is 2.18. The first kappa shape index (κ1) is 22.0. The van der Waals surface area contributed by atoms with Crippen molar-refractivity contribution in [2.45, 2.75) is 19.9 Å². The second kappa shape index (κ2) is 9.49. The topological polar surface area (TPSA) is 131 Å². The third kappa shape index (κ3) is 5.15. The Morgan fingerprint density at radius 2 is 1.76 bits per heavy atom. The molecule has 0 bridgehead atoms. The minimum absolute atomic E-state index is 0.190. The number of anilines is 3. The number of amides is 3. The smallest absolute Gasteiger partial charge is 0.291 e. The molecule has 10 nitrogen and oxygen atoms in total. The molecule has 1 unspecified atom stereocenters. The van der Waals surface area contributed by atoms with Crippen molar-refractivity contribution in [3.8, 4) is 0 Å². The predicted molar refractivity (Wildman–Crippen MR) is 123 cm³/mol. The number of hydrogen-bond acceptors (Lipinski definition) is 7. The minimum atomic E-state index is -0.517. The number of thiophene rings is 1. The Bertz CT molecular complexity index is 1260. The second-order valence-corrected chi connectivity index (χ2v) is 8.18. The summed E-state index contributed by atoms with van der Waals surface area (Å²) in [6.45, 7) is 3.51. The van der Waals surface area contributed by atoms with E-state index < -0.39 is 6.04 Å². The monoisotopic (exact) mass is 464 g/mol. The highest BCUT2D eigenvalue weighted by Crippen LogP contribution is 2.28. The highest BCUT2D eigenvalue weighted by molar-refractivity contribution is 7.18. The zero-order valence-electron chi connectivity index (χ0n) is 17.7. The number of hydrogen-bond donors (Lipinski definition) is 3. The molecular weight excluding hydrogens is 444 g/mol. The molecule has 0 aliphatic heterocycles. The molecule has 4 rings (SSSR count). The molecule has 0 saturated carbocycles. The van der Waals surface area contributed by atoms with Crippen LogP contribution in [0.3, 0.4) is 0 Å². The zero-order chi connectivity index (χ0) is 23.4. The molecule has 0 fully saturated rings. The summed E-state index contributed by atoms with van der Waals surface area (Å²) < 4.78 is 6.53. The van der Waals surface area contributed by atoms with Crippen LogP contribution >= 0.6 is 11.3 Å². The number of aromatic nitrogens is 3. The molecule has 168 valence electrons. The Morgan fingerprint density at radius 1 is 1.03 bits per heavy atom. The van der Waals surface area contributed by atoms with Gasteiger partial charge in [0.1, 0.15) is 18.7 Å². The lowest BCUT2D eigenvalue weighted by Gasteiger charge is -2.12. The summed E-state index contributed by atoms with van der Waals surface area (Å²) in [6.07, 6.45) is 4.26. The van der Waals surface area contributed by atoms with E-state index in [0.29, 0.717) is 21.3 Å². The van der Waals surface area contributed by atoms with Crippen LogP contribution in [0.2, 0.25) is 0 Å². The number of carbonyl (C=O) groups excluding carboxylic acids is 3. The fourth-order valence-electron chi connectivity index (χ4n) is 2.96. The van der Waals surface area contributed by atoms with E-state index in [9.17, 15) is 14.4 Å². The predicted octanol–water partition coefficient (Wildman–Crippen LogP) is 3.95. The van der Waals surface area contributed by atoms with Gasteiger partial charge in [0.25, 0.3) is 11.8 Å². The Balaban J connectivity index is 1.36. The molecule has 1 aromatic carbocycles. The van der Waals surface area contributed by atoms with E-state index in [1.807, 2.05) is 0 Å². The molecule has 4 aromatic rings. The van der Waals surface area contributed by atoms with Crippen LogP contribution < -0.4 is 16.0 Å². The summed E-state index contributed by atoms with van der Waals surface area (Å²) >= 11 is 1.17. The van der Waals surface area contributed by atoms with Gasteiger partial charge in [0.05, 0.1) is 16.1 Å². The van der Waals surface area contributed by atoms with E-state index in [1.165, 1.54) is 34.9 Å². The van der Waals surface area contributed by atoms with Gasteiger partial charge >= 0.3 is 0 Å². The highest BCUT2D eigenvalue weighted by atomic mass is 32.1. The number of aryl methyl sites for hydroxylation is 1. The van der Waals surface area contributed by atoms with Gasteiger partial charge in [-0.2, -0.15) is 5.10 Å². The fraction of sp³-hybridized carbons (Fsp3) is 0.136. The van der Waals surface area contributed by atoms with E-state index >= 15 is 0 Å². The maximum Gasteiger partial charge on any atom is 0.291 e. The molecule has 3 N–H and O–H groups in total. The van der Waals surface area contributed by atoms with E-state index in [-0.39, 0.29) is 23.5 Å². The first-order valence-electron chi connectivity index (χ1n) is 9.92. The van der Waals surface area contributed by atoms with Crippen LogP contribution in [0, 0.1) is 6.92 Å². The SMILES string of the molecule is Cc1cc(NC(=O)c2ccco2)sc1C(=O)Nc1ccc(NC(=O)C(C)n2cncn2)cc1. The third-order valence-corrected chi connectivity index (χ3v) is 5.88. The van der Waals surface area contributed by atoms with Gasteiger partial charge in [0.2, 0.25) is 5.91 Å². The molecule has 3 amide bonds.